The summed E-state index contributed by atoms with van der Waals surface area (Å²) in [6, 6.07) is 1.69. The van der Waals surface area contributed by atoms with Gasteiger partial charge in [-0.3, -0.25) is 4.98 Å². The van der Waals surface area contributed by atoms with Gasteiger partial charge in [0.15, 0.2) is 6.61 Å². The number of nitrogens with zero attached hydrogens (tertiary/aromatic N) is 3. The third-order valence-corrected chi connectivity index (χ3v) is 4.40. The van der Waals surface area contributed by atoms with Crippen LogP contribution in [-0.2, 0) is 12.0 Å². The van der Waals surface area contributed by atoms with E-state index in [2.05, 4.69) is 34.3 Å². The molecule has 0 atom stereocenters. The lowest BCUT2D eigenvalue weighted by Crippen LogP contribution is -2.58. The molecule has 0 radical (unpaired) electrons. The second-order valence-electron chi connectivity index (χ2n) is 6.35. The quantitative estimate of drug-likeness (QED) is 0.912. The van der Waals surface area contributed by atoms with Crippen LogP contribution in [0, 0.1) is 0 Å². The fourth-order valence-corrected chi connectivity index (χ4v) is 3.33. The van der Waals surface area contributed by atoms with Gasteiger partial charge in [-0.1, -0.05) is 18.5 Å². The van der Waals surface area contributed by atoms with Gasteiger partial charge in [-0.05, 0) is 26.8 Å². The standard InChI is InChI=1S/C15H19ClN4O2/c1-14(8-15(2,9-14)17-3)13-20-19-12(22-13)7-21-11-4-10(16)5-18-6-11/h4-6,17H,7-9H2,1-3H3. The molecule has 1 aliphatic carbocycles. The first kappa shape index (κ1) is 15.2. The molecule has 0 amide bonds. The van der Waals surface area contributed by atoms with Crippen molar-refractivity contribution in [3.63, 3.8) is 0 Å². The molecule has 0 aromatic carbocycles. The first-order valence-electron chi connectivity index (χ1n) is 7.18. The van der Waals surface area contributed by atoms with Crippen LogP contribution in [-0.4, -0.2) is 27.8 Å². The van der Waals surface area contributed by atoms with Gasteiger partial charge >= 0.3 is 0 Å². The van der Waals surface area contributed by atoms with Crippen molar-refractivity contribution in [2.45, 2.75) is 44.2 Å². The SMILES string of the molecule is CNC1(C)CC(C)(c2nnc(COc3cncc(Cl)c3)o2)C1. The van der Waals surface area contributed by atoms with Crippen LogP contribution in [0.1, 0.15) is 38.5 Å². The molecular weight excluding hydrogens is 304 g/mol. The molecule has 1 fully saturated rings. The first-order chi connectivity index (χ1) is 10.4. The second kappa shape index (κ2) is 5.52. The summed E-state index contributed by atoms with van der Waals surface area (Å²) in [7, 11) is 1.98. The van der Waals surface area contributed by atoms with Crippen molar-refractivity contribution in [3.8, 4) is 5.75 Å². The number of hydrogen-bond acceptors (Lipinski definition) is 6. The fourth-order valence-electron chi connectivity index (χ4n) is 3.17. The van der Waals surface area contributed by atoms with E-state index in [4.69, 9.17) is 20.8 Å². The van der Waals surface area contributed by atoms with Gasteiger partial charge in [0.2, 0.25) is 5.89 Å². The van der Waals surface area contributed by atoms with Gasteiger partial charge in [-0.15, -0.1) is 10.2 Å². The van der Waals surface area contributed by atoms with Crippen molar-refractivity contribution >= 4 is 11.6 Å². The zero-order valence-electron chi connectivity index (χ0n) is 12.9. The van der Waals surface area contributed by atoms with Crippen molar-refractivity contribution in [1.82, 2.24) is 20.5 Å². The topological polar surface area (TPSA) is 73.1 Å². The molecule has 1 saturated carbocycles. The number of nitrogens with one attached hydrogen (secondary N) is 1. The Morgan fingerprint density at radius 1 is 1.32 bits per heavy atom. The molecule has 7 heteroatoms. The molecule has 1 N–H and O–H groups in total. The minimum absolute atomic E-state index is 0.0688. The molecule has 0 aliphatic heterocycles. The molecule has 6 nitrogen and oxygen atoms in total. The van der Waals surface area contributed by atoms with E-state index in [1.165, 1.54) is 0 Å². The van der Waals surface area contributed by atoms with E-state index in [9.17, 15) is 0 Å². The van der Waals surface area contributed by atoms with Gasteiger partial charge in [0, 0.05) is 23.2 Å². The van der Waals surface area contributed by atoms with Crippen LogP contribution < -0.4 is 10.1 Å². The summed E-state index contributed by atoms with van der Waals surface area (Å²) in [5.74, 6) is 1.70. The van der Waals surface area contributed by atoms with Gasteiger partial charge in [-0.2, -0.15) is 0 Å². The smallest absolute Gasteiger partial charge is 0.253 e. The summed E-state index contributed by atoms with van der Waals surface area (Å²) in [5, 5.41) is 12.1. The molecule has 0 bridgehead atoms. The Labute approximate surface area is 134 Å². The highest BCUT2D eigenvalue weighted by molar-refractivity contribution is 6.30. The van der Waals surface area contributed by atoms with E-state index >= 15 is 0 Å². The van der Waals surface area contributed by atoms with Gasteiger partial charge < -0.3 is 14.5 Å². The van der Waals surface area contributed by atoms with Crippen LogP contribution in [0.2, 0.25) is 5.02 Å². The van der Waals surface area contributed by atoms with Crippen molar-refractivity contribution in [3.05, 3.63) is 35.3 Å². The Kier molecular flexibility index (Phi) is 3.82. The maximum absolute atomic E-state index is 5.86. The Bertz CT molecular complexity index is 667. The predicted molar refractivity (Wildman–Crippen MR) is 81.9 cm³/mol. The normalized spacial score (nSPS) is 27.5. The fraction of sp³-hybridized carbons (Fsp3) is 0.533. The molecule has 0 spiro atoms. The van der Waals surface area contributed by atoms with Gasteiger partial charge in [0.05, 0.1) is 11.2 Å². The highest BCUT2D eigenvalue weighted by Gasteiger charge is 2.52. The zero-order valence-corrected chi connectivity index (χ0v) is 13.6. The zero-order chi connectivity index (χ0) is 15.8. The third kappa shape index (κ3) is 2.94. The molecule has 3 rings (SSSR count). The Hall–Kier alpha value is -1.66. The first-order valence-corrected chi connectivity index (χ1v) is 7.55. The van der Waals surface area contributed by atoms with Crippen molar-refractivity contribution in [1.29, 1.82) is 0 Å². The maximum atomic E-state index is 5.86. The molecule has 2 aromatic heterocycles. The number of ether oxygens (including phenoxy) is 1. The number of pyridine rings is 1. The average Bonchev–Trinajstić information content (AvgIpc) is 2.93. The lowest BCUT2D eigenvalue weighted by atomic mass is 9.59. The third-order valence-electron chi connectivity index (χ3n) is 4.19. The summed E-state index contributed by atoms with van der Waals surface area (Å²) < 4.78 is 11.3. The highest BCUT2D eigenvalue weighted by Crippen LogP contribution is 2.49. The molecule has 22 heavy (non-hydrogen) atoms. The van der Waals surface area contributed by atoms with E-state index in [1.54, 1.807) is 18.5 Å². The molecule has 2 aromatic rings. The lowest BCUT2D eigenvalue weighted by molar-refractivity contribution is 0.0786. The van der Waals surface area contributed by atoms with Crippen molar-refractivity contribution in [2.24, 2.45) is 0 Å². The minimum atomic E-state index is -0.0688. The van der Waals surface area contributed by atoms with Gasteiger partial charge in [0.1, 0.15) is 5.75 Å². The number of aromatic nitrogens is 3. The van der Waals surface area contributed by atoms with Gasteiger partial charge in [-0.25, -0.2) is 0 Å². The van der Waals surface area contributed by atoms with Crippen LogP contribution in [0.4, 0.5) is 0 Å². The molecule has 0 saturated heterocycles. The second-order valence-corrected chi connectivity index (χ2v) is 6.79. The Balaban J connectivity index is 1.63. The van der Waals surface area contributed by atoms with Crippen LogP contribution >= 0.6 is 11.6 Å². The Morgan fingerprint density at radius 2 is 2.09 bits per heavy atom. The number of hydrogen-bond donors (Lipinski definition) is 1. The van der Waals surface area contributed by atoms with Crippen LogP contribution in [0.5, 0.6) is 5.75 Å². The summed E-state index contributed by atoms with van der Waals surface area (Å²) in [6.07, 6.45) is 5.08. The van der Waals surface area contributed by atoms with E-state index < -0.39 is 0 Å². The average molecular weight is 323 g/mol. The van der Waals surface area contributed by atoms with Gasteiger partial charge in [0.25, 0.3) is 5.89 Å². The lowest BCUT2D eigenvalue weighted by Gasteiger charge is -2.50. The van der Waals surface area contributed by atoms with Crippen molar-refractivity contribution in [2.75, 3.05) is 7.05 Å². The minimum Gasteiger partial charge on any atom is -0.482 e. The molecule has 1 aliphatic rings. The van der Waals surface area contributed by atoms with E-state index in [0.717, 1.165) is 12.8 Å². The number of halogens is 1. The maximum Gasteiger partial charge on any atom is 0.253 e. The Morgan fingerprint density at radius 3 is 2.77 bits per heavy atom. The summed E-state index contributed by atoms with van der Waals surface area (Å²) in [4.78, 5) is 3.96. The number of rotatable bonds is 5. The summed E-state index contributed by atoms with van der Waals surface area (Å²) in [6.45, 7) is 4.54. The predicted octanol–water partition coefficient (Wildman–Crippen LogP) is 2.73. The monoisotopic (exact) mass is 322 g/mol. The van der Waals surface area contributed by atoms with E-state index in [1.807, 2.05) is 7.05 Å². The van der Waals surface area contributed by atoms with E-state index in [0.29, 0.717) is 22.6 Å². The van der Waals surface area contributed by atoms with Crippen LogP contribution in [0.3, 0.4) is 0 Å². The largest absolute Gasteiger partial charge is 0.482 e. The van der Waals surface area contributed by atoms with Crippen LogP contribution in [0.15, 0.2) is 22.9 Å². The molecular formula is C15H19ClN4O2. The van der Waals surface area contributed by atoms with Crippen molar-refractivity contribution < 1.29 is 9.15 Å². The summed E-state index contributed by atoms with van der Waals surface area (Å²) in [5.41, 5.74) is 0.0764. The molecule has 2 heterocycles. The summed E-state index contributed by atoms with van der Waals surface area (Å²) >= 11 is 5.86. The molecule has 118 valence electrons. The van der Waals surface area contributed by atoms with E-state index in [-0.39, 0.29) is 17.6 Å². The highest BCUT2D eigenvalue weighted by atomic mass is 35.5. The molecule has 0 unspecified atom stereocenters. The van der Waals surface area contributed by atoms with Crippen LogP contribution in [0.25, 0.3) is 0 Å².